The molecule has 3 heteroatoms. The Kier molecular flexibility index (Phi) is 4.59. The standard InChI is InChI=1S/C19H19NO2/c1-5-6-7-8-11-20-14-9-10-15-16(21)13-18(19(2,3)4)22-17(15)12-14/h1,9-10,12-13,20H,6-7H2,2-4H3. The molecule has 1 aromatic carbocycles. The number of rotatable bonds is 2. The van der Waals surface area contributed by atoms with Crippen LogP contribution in [-0.2, 0) is 5.41 Å². The topological polar surface area (TPSA) is 42.2 Å². The van der Waals surface area contributed by atoms with Crippen molar-refractivity contribution in [1.29, 1.82) is 0 Å². The summed E-state index contributed by atoms with van der Waals surface area (Å²) in [5, 5.41) is 3.55. The third-order valence-corrected chi connectivity index (χ3v) is 3.16. The van der Waals surface area contributed by atoms with Crippen molar-refractivity contribution in [1.82, 2.24) is 0 Å². The van der Waals surface area contributed by atoms with Crippen molar-refractivity contribution in [2.75, 3.05) is 5.32 Å². The van der Waals surface area contributed by atoms with E-state index >= 15 is 0 Å². The Labute approximate surface area is 130 Å². The number of anilines is 1. The minimum Gasteiger partial charge on any atom is -0.460 e. The van der Waals surface area contributed by atoms with Crippen LogP contribution in [0.5, 0.6) is 0 Å². The highest BCUT2D eigenvalue weighted by Crippen LogP contribution is 2.25. The van der Waals surface area contributed by atoms with Crippen LogP contribution < -0.4 is 10.7 Å². The van der Waals surface area contributed by atoms with Gasteiger partial charge in [0.25, 0.3) is 0 Å². The average molecular weight is 293 g/mol. The third-order valence-electron chi connectivity index (χ3n) is 3.16. The maximum atomic E-state index is 12.2. The molecule has 0 saturated heterocycles. The number of benzene rings is 1. The normalized spacial score (nSPS) is 10.6. The van der Waals surface area contributed by atoms with E-state index in [0.717, 1.165) is 5.69 Å². The fourth-order valence-corrected chi connectivity index (χ4v) is 1.92. The molecule has 1 aromatic heterocycles. The van der Waals surface area contributed by atoms with Gasteiger partial charge in [-0.15, -0.1) is 12.3 Å². The zero-order valence-corrected chi connectivity index (χ0v) is 13.1. The van der Waals surface area contributed by atoms with E-state index in [1.165, 1.54) is 0 Å². The number of nitrogens with one attached hydrogen (secondary N) is 1. The monoisotopic (exact) mass is 293 g/mol. The van der Waals surface area contributed by atoms with Gasteiger partial charge < -0.3 is 9.73 Å². The Morgan fingerprint density at radius 3 is 2.68 bits per heavy atom. The van der Waals surface area contributed by atoms with Gasteiger partial charge in [0.15, 0.2) is 5.43 Å². The van der Waals surface area contributed by atoms with Gasteiger partial charge in [-0.3, -0.25) is 4.79 Å². The zero-order valence-electron chi connectivity index (χ0n) is 13.1. The van der Waals surface area contributed by atoms with Gasteiger partial charge in [0.05, 0.1) is 5.39 Å². The van der Waals surface area contributed by atoms with Crippen LogP contribution in [0.25, 0.3) is 11.0 Å². The number of hydrogen-bond acceptors (Lipinski definition) is 3. The van der Waals surface area contributed by atoms with Crippen LogP contribution >= 0.6 is 0 Å². The van der Waals surface area contributed by atoms with E-state index in [1.54, 1.807) is 18.2 Å². The van der Waals surface area contributed by atoms with Gasteiger partial charge in [0.1, 0.15) is 11.3 Å². The number of unbranched alkanes of at least 4 members (excludes halogenated alkanes) is 1. The second-order valence-corrected chi connectivity index (χ2v) is 6.07. The number of fused-ring (bicyclic) bond motifs is 1. The molecule has 0 atom stereocenters. The molecule has 0 amide bonds. The molecule has 1 heterocycles. The Balaban J connectivity index is 2.34. The lowest BCUT2D eigenvalue weighted by molar-refractivity contribution is 0.421. The number of hydrogen-bond donors (Lipinski definition) is 1. The van der Waals surface area contributed by atoms with E-state index in [2.05, 4.69) is 23.2 Å². The quantitative estimate of drug-likeness (QED) is 0.519. The summed E-state index contributed by atoms with van der Waals surface area (Å²) in [5.41, 5.74) is 1.10. The lowest BCUT2D eigenvalue weighted by Gasteiger charge is -2.17. The Bertz CT molecular complexity index is 836. The van der Waals surface area contributed by atoms with Gasteiger partial charge in [-0.05, 0) is 12.1 Å². The first-order chi connectivity index (χ1) is 10.4. The molecule has 0 aliphatic rings. The fraction of sp³-hybridized carbons (Fsp3) is 0.316. The summed E-state index contributed by atoms with van der Waals surface area (Å²) in [7, 11) is 0. The fourth-order valence-electron chi connectivity index (χ4n) is 1.92. The molecule has 0 aliphatic heterocycles. The lowest BCUT2D eigenvalue weighted by atomic mass is 9.92. The molecular formula is C19H19NO2. The molecule has 0 saturated carbocycles. The maximum absolute atomic E-state index is 12.2. The summed E-state index contributed by atoms with van der Waals surface area (Å²) in [6.07, 6.45) is 6.46. The second-order valence-electron chi connectivity index (χ2n) is 6.07. The molecule has 112 valence electrons. The van der Waals surface area contributed by atoms with Crippen molar-refractivity contribution < 1.29 is 4.42 Å². The van der Waals surface area contributed by atoms with E-state index in [1.807, 2.05) is 26.8 Å². The molecule has 0 radical (unpaired) electrons. The van der Waals surface area contributed by atoms with Crippen molar-refractivity contribution in [3.63, 3.8) is 0 Å². The van der Waals surface area contributed by atoms with Crippen LogP contribution in [0.1, 0.15) is 39.4 Å². The summed E-state index contributed by atoms with van der Waals surface area (Å²) in [6, 6.07) is 9.76. The Hall–Kier alpha value is -2.65. The number of terminal acetylenes is 1. The summed E-state index contributed by atoms with van der Waals surface area (Å²) >= 11 is 0. The Morgan fingerprint density at radius 2 is 2.00 bits per heavy atom. The van der Waals surface area contributed by atoms with E-state index in [4.69, 9.17) is 10.8 Å². The predicted molar refractivity (Wildman–Crippen MR) is 90.6 cm³/mol. The van der Waals surface area contributed by atoms with Crippen LogP contribution in [0.4, 0.5) is 5.69 Å². The highest BCUT2D eigenvalue weighted by atomic mass is 16.3. The van der Waals surface area contributed by atoms with E-state index < -0.39 is 0 Å². The van der Waals surface area contributed by atoms with Crippen LogP contribution in [0.2, 0.25) is 0 Å². The van der Waals surface area contributed by atoms with E-state index in [9.17, 15) is 4.79 Å². The van der Waals surface area contributed by atoms with Crippen LogP contribution in [-0.4, -0.2) is 0 Å². The minimum atomic E-state index is -0.216. The van der Waals surface area contributed by atoms with Gasteiger partial charge in [-0.1, -0.05) is 26.7 Å². The van der Waals surface area contributed by atoms with Crippen molar-refractivity contribution in [3.05, 3.63) is 40.2 Å². The van der Waals surface area contributed by atoms with Crippen molar-refractivity contribution in [2.24, 2.45) is 0 Å². The highest BCUT2D eigenvalue weighted by Gasteiger charge is 2.18. The van der Waals surface area contributed by atoms with Gasteiger partial charge >= 0.3 is 0 Å². The molecule has 0 spiro atoms. The predicted octanol–water partition coefficient (Wildman–Crippen LogP) is 3.88. The SMILES string of the molecule is C#CCCC#CNc1ccc2c(=O)cc(C(C)(C)C)oc2c1. The smallest absolute Gasteiger partial charge is 0.192 e. The van der Waals surface area contributed by atoms with Crippen molar-refractivity contribution >= 4 is 16.7 Å². The third kappa shape index (κ3) is 3.71. The van der Waals surface area contributed by atoms with Crippen LogP contribution in [0.15, 0.2) is 33.5 Å². The molecule has 1 N–H and O–H groups in total. The molecule has 3 nitrogen and oxygen atoms in total. The van der Waals surface area contributed by atoms with Crippen molar-refractivity contribution in [3.8, 4) is 24.3 Å². The second kappa shape index (κ2) is 6.41. The first-order valence-electron chi connectivity index (χ1n) is 7.17. The zero-order chi connectivity index (χ0) is 16.2. The molecule has 2 aromatic rings. The lowest BCUT2D eigenvalue weighted by Crippen LogP contribution is -2.14. The van der Waals surface area contributed by atoms with Crippen LogP contribution in [0.3, 0.4) is 0 Å². The molecule has 0 aliphatic carbocycles. The highest BCUT2D eigenvalue weighted by molar-refractivity contribution is 5.80. The van der Waals surface area contributed by atoms with Crippen LogP contribution in [0, 0.1) is 24.3 Å². The molecule has 0 fully saturated rings. The van der Waals surface area contributed by atoms with Gasteiger partial charge in [-0.25, -0.2) is 0 Å². The molecule has 2 rings (SSSR count). The first kappa shape index (κ1) is 15.7. The first-order valence-corrected chi connectivity index (χ1v) is 7.17. The molecule has 22 heavy (non-hydrogen) atoms. The molecular weight excluding hydrogens is 274 g/mol. The summed E-state index contributed by atoms with van der Waals surface area (Å²) in [5.74, 6) is 6.14. The molecule has 0 bridgehead atoms. The summed E-state index contributed by atoms with van der Waals surface area (Å²) in [6.45, 7) is 6.03. The van der Waals surface area contributed by atoms with Gasteiger partial charge in [0, 0.05) is 42.1 Å². The minimum absolute atomic E-state index is 0.0298. The van der Waals surface area contributed by atoms with E-state index in [0.29, 0.717) is 29.6 Å². The maximum Gasteiger partial charge on any atom is 0.192 e. The molecule has 0 unspecified atom stereocenters. The van der Waals surface area contributed by atoms with Crippen molar-refractivity contribution in [2.45, 2.75) is 39.0 Å². The van der Waals surface area contributed by atoms with Gasteiger partial charge in [0.2, 0.25) is 0 Å². The summed E-state index contributed by atoms with van der Waals surface area (Å²) < 4.78 is 5.88. The largest absolute Gasteiger partial charge is 0.460 e. The van der Waals surface area contributed by atoms with E-state index in [-0.39, 0.29) is 10.8 Å². The Morgan fingerprint density at radius 1 is 1.23 bits per heavy atom. The average Bonchev–Trinajstić information content (AvgIpc) is 2.45. The van der Waals surface area contributed by atoms with Gasteiger partial charge in [-0.2, -0.15) is 0 Å². The summed E-state index contributed by atoms with van der Waals surface area (Å²) in [4.78, 5) is 12.2.